The molecule has 0 radical (unpaired) electrons. The fourth-order valence-electron chi connectivity index (χ4n) is 2.40. The standard InChI is InChI=1S/C21H17Br2NO3S/c1-14-3-7-18(8-4-14)24-13-16-11-17(22)12-20(23)21(16)27-28(25,26)19-9-5-15(2)6-10-19/h3-13H,1-2H3. The predicted octanol–water partition coefficient (Wildman–Crippen LogP) is 6.35. The number of hydrogen-bond acceptors (Lipinski definition) is 4. The highest BCUT2D eigenvalue weighted by molar-refractivity contribution is 9.11. The summed E-state index contributed by atoms with van der Waals surface area (Å²) in [7, 11) is -3.98. The molecule has 0 aromatic heterocycles. The zero-order valence-corrected chi connectivity index (χ0v) is 19.2. The van der Waals surface area contributed by atoms with Gasteiger partial charge in [-0.25, -0.2) is 0 Å². The van der Waals surface area contributed by atoms with Crippen LogP contribution in [0.1, 0.15) is 16.7 Å². The lowest BCUT2D eigenvalue weighted by atomic mass is 10.2. The molecule has 4 nitrogen and oxygen atoms in total. The van der Waals surface area contributed by atoms with Crippen molar-refractivity contribution in [3.63, 3.8) is 0 Å². The van der Waals surface area contributed by atoms with Gasteiger partial charge in [0.25, 0.3) is 0 Å². The second-order valence-electron chi connectivity index (χ2n) is 6.25. The van der Waals surface area contributed by atoms with E-state index in [1.54, 1.807) is 30.5 Å². The smallest absolute Gasteiger partial charge is 0.339 e. The van der Waals surface area contributed by atoms with Gasteiger partial charge in [-0.3, -0.25) is 4.99 Å². The monoisotopic (exact) mass is 521 g/mol. The molecule has 0 aliphatic heterocycles. The molecule has 144 valence electrons. The van der Waals surface area contributed by atoms with Crippen molar-refractivity contribution in [1.82, 2.24) is 0 Å². The molecular formula is C21H17Br2NO3S. The zero-order valence-electron chi connectivity index (χ0n) is 15.2. The average Bonchev–Trinajstić information content (AvgIpc) is 2.64. The van der Waals surface area contributed by atoms with E-state index in [0.29, 0.717) is 10.0 Å². The van der Waals surface area contributed by atoms with Crippen molar-refractivity contribution in [2.75, 3.05) is 0 Å². The third kappa shape index (κ3) is 5.10. The van der Waals surface area contributed by atoms with Gasteiger partial charge in [-0.1, -0.05) is 51.3 Å². The molecule has 0 saturated carbocycles. The van der Waals surface area contributed by atoms with Crippen molar-refractivity contribution in [3.8, 4) is 5.75 Å². The highest BCUT2D eigenvalue weighted by atomic mass is 79.9. The Kier molecular flexibility index (Phi) is 6.37. The minimum Gasteiger partial charge on any atom is -0.377 e. The van der Waals surface area contributed by atoms with Gasteiger partial charge in [0.05, 0.1) is 10.2 Å². The summed E-state index contributed by atoms with van der Waals surface area (Å²) in [6.45, 7) is 3.89. The SMILES string of the molecule is Cc1ccc(N=Cc2cc(Br)cc(Br)c2OS(=O)(=O)c2ccc(C)cc2)cc1. The van der Waals surface area contributed by atoms with Crippen molar-refractivity contribution >= 4 is 53.9 Å². The minimum absolute atomic E-state index is 0.0920. The first-order chi connectivity index (χ1) is 13.2. The molecule has 0 bridgehead atoms. The minimum atomic E-state index is -3.98. The molecule has 0 heterocycles. The van der Waals surface area contributed by atoms with Crippen LogP contribution in [-0.2, 0) is 10.1 Å². The van der Waals surface area contributed by atoms with Crippen LogP contribution in [0.3, 0.4) is 0 Å². The average molecular weight is 523 g/mol. The molecule has 0 amide bonds. The van der Waals surface area contributed by atoms with Crippen molar-refractivity contribution in [2.45, 2.75) is 18.7 Å². The summed E-state index contributed by atoms with van der Waals surface area (Å²) >= 11 is 6.81. The normalized spacial score (nSPS) is 11.7. The van der Waals surface area contributed by atoms with Gasteiger partial charge in [0.15, 0.2) is 5.75 Å². The molecular weight excluding hydrogens is 506 g/mol. The molecule has 0 aliphatic carbocycles. The van der Waals surface area contributed by atoms with Gasteiger partial charge in [0.1, 0.15) is 4.90 Å². The van der Waals surface area contributed by atoms with E-state index in [9.17, 15) is 8.42 Å². The van der Waals surface area contributed by atoms with E-state index in [2.05, 4.69) is 36.9 Å². The molecule has 0 fully saturated rings. The molecule has 0 atom stereocenters. The lowest BCUT2D eigenvalue weighted by Gasteiger charge is -2.12. The van der Waals surface area contributed by atoms with Crippen molar-refractivity contribution in [1.29, 1.82) is 0 Å². The van der Waals surface area contributed by atoms with Crippen LogP contribution in [0.15, 0.2) is 79.5 Å². The molecule has 0 N–H and O–H groups in total. The number of aryl methyl sites for hydroxylation is 2. The van der Waals surface area contributed by atoms with Gasteiger partial charge >= 0.3 is 10.1 Å². The summed E-state index contributed by atoms with van der Waals surface area (Å²) in [5.74, 6) is 0.180. The lowest BCUT2D eigenvalue weighted by molar-refractivity contribution is 0.484. The van der Waals surface area contributed by atoms with Crippen LogP contribution in [-0.4, -0.2) is 14.6 Å². The summed E-state index contributed by atoms with van der Waals surface area (Å²) in [5.41, 5.74) is 3.39. The number of nitrogens with zero attached hydrogens (tertiary/aromatic N) is 1. The number of aliphatic imine (C=N–C) groups is 1. The third-order valence-electron chi connectivity index (χ3n) is 3.93. The second-order valence-corrected chi connectivity index (χ2v) is 9.57. The fraction of sp³-hybridized carbons (Fsp3) is 0.0952. The van der Waals surface area contributed by atoms with E-state index < -0.39 is 10.1 Å². The van der Waals surface area contributed by atoms with Crippen LogP contribution in [0, 0.1) is 13.8 Å². The lowest BCUT2D eigenvalue weighted by Crippen LogP contribution is -2.11. The van der Waals surface area contributed by atoms with E-state index in [1.807, 2.05) is 38.1 Å². The van der Waals surface area contributed by atoms with Gasteiger partial charge in [-0.2, -0.15) is 8.42 Å². The van der Waals surface area contributed by atoms with Crippen LogP contribution in [0.5, 0.6) is 5.75 Å². The van der Waals surface area contributed by atoms with E-state index in [4.69, 9.17) is 4.18 Å². The van der Waals surface area contributed by atoms with Crippen LogP contribution in [0.2, 0.25) is 0 Å². The summed E-state index contributed by atoms with van der Waals surface area (Å²) in [6.07, 6.45) is 1.58. The Bertz CT molecular complexity index is 1120. The van der Waals surface area contributed by atoms with E-state index in [1.165, 1.54) is 12.1 Å². The van der Waals surface area contributed by atoms with E-state index in [-0.39, 0.29) is 10.6 Å². The van der Waals surface area contributed by atoms with Crippen molar-refractivity contribution < 1.29 is 12.6 Å². The maximum absolute atomic E-state index is 12.7. The van der Waals surface area contributed by atoms with Crippen LogP contribution in [0.25, 0.3) is 0 Å². The summed E-state index contributed by atoms with van der Waals surface area (Å²) < 4.78 is 32.2. The van der Waals surface area contributed by atoms with Gasteiger partial charge < -0.3 is 4.18 Å². The van der Waals surface area contributed by atoms with Crippen molar-refractivity contribution in [2.24, 2.45) is 4.99 Å². The number of benzene rings is 3. The van der Waals surface area contributed by atoms with E-state index in [0.717, 1.165) is 21.3 Å². The molecule has 28 heavy (non-hydrogen) atoms. The van der Waals surface area contributed by atoms with Gasteiger partial charge in [-0.05, 0) is 66.2 Å². The van der Waals surface area contributed by atoms with E-state index >= 15 is 0 Å². The summed E-state index contributed by atoms with van der Waals surface area (Å²) in [5, 5.41) is 0. The zero-order chi connectivity index (χ0) is 20.3. The number of hydrogen-bond donors (Lipinski definition) is 0. The Balaban J connectivity index is 1.98. The molecule has 3 rings (SSSR count). The molecule has 3 aromatic carbocycles. The number of rotatable bonds is 5. The van der Waals surface area contributed by atoms with Gasteiger partial charge in [-0.15, -0.1) is 0 Å². The maximum atomic E-state index is 12.7. The molecule has 3 aromatic rings. The maximum Gasteiger partial charge on any atom is 0.339 e. The van der Waals surface area contributed by atoms with Crippen LogP contribution in [0.4, 0.5) is 5.69 Å². The first kappa shape index (κ1) is 20.8. The first-order valence-corrected chi connectivity index (χ1v) is 11.3. The molecule has 7 heteroatoms. The molecule has 0 unspecified atom stereocenters. The molecule has 0 saturated heterocycles. The predicted molar refractivity (Wildman–Crippen MR) is 119 cm³/mol. The molecule has 0 aliphatic rings. The van der Waals surface area contributed by atoms with Crippen LogP contribution < -0.4 is 4.18 Å². The Morgan fingerprint density at radius 2 is 1.46 bits per heavy atom. The van der Waals surface area contributed by atoms with Crippen molar-refractivity contribution in [3.05, 3.63) is 86.3 Å². The summed E-state index contributed by atoms with van der Waals surface area (Å²) in [6, 6.07) is 17.7. The fourth-order valence-corrected chi connectivity index (χ4v) is 4.82. The second kappa shape index (κ2) is 8.59. The van der Waals surface area contributed by atoms with Gasteiger partial charge in [0, 0.05) is 16.3 Å². The highest BCUT2D eigenvalue weighted by Gasteiger charge is 2.20. The largest absolute Gasteiger partial charge is 0.377 e. The third-order valence-corrected chi connectivity index (χ3v) is 6.21. The van der Waals surface area contributed by atoms with Gasteiger partial charge in [0.2, 0.25) is 0 Å². The summed E-state index contributed by atoms with van der Waals surface area (Å²) in [4.78, 5) is 4.53. The Labute approximate surface area is 181 Å². The first-order valence-electron chi connectivity index (χ1n) is 8.35. The Morgan fingerprint density at radius 3 is 2.07 bits per heavy atom. The quantitative estimate of drug-likeness (QED) is 0.290. The Hall–Kier alpha value is -1.96. The number of halogens is 2. The topological polar surface area (TPSA) is 55.7 Å². The Morgan fingerprint density at radius 1 is 0.893 bits per heavy atom. The molecule has 0 spiro atoms. The van der Waals surface area contributed by atoms with Crippen LogP contribution >= 0.6 is 31.9 Å². The highest BCUT2D eigenvalue weighted by Crippen LogP contribution is 2.34.